The first-order valence-electron chi connectivity index (χ1n) is 7.02. The standard InChI is InChI=1S/C15H12N4O4S/c20-15(10-4-2-1-3-5-10)16-8-9-24-12-7-6-11(19(21)22)13-14(12)18-23-17-13/h1-7H,8-9H2,(H,16,20). The number of carbonyl (C=O) groups excluding carboxylic acids is 1. The summed E-state index contributed by atoms with van der Waals surface area (Å²) in [4.78, 5) is 23.0. The van der Waals surface area contributed by atoms with Gasteiger partial charge in [0.2, 0.25) is 5.52 Å². The molecule has 3 rings (SSSR count). The Labute approximate surface area is 140 Å². The molecule has 1 N–H and O–H groups in total. The number of rotatable bonds is 6. The highest BCUT2D eigenvalue weighted by molar-refractivity contribution is 7.99. The van der Waals surface area contributed by atoms with Gasteiger partial charge in [0.15, 0.2) is 5.52 Å². The minimum atomic E-state index is -0.527. The molecule has 0 fully saturated rings. The van der Waals surface area contributed by atoms with Crippen molar-refractivity contribution in [1.29, 1.82) is 0 Å². The van der Waals surface area contributed by atoms with Crippen LogP contribution in [0.4, 0.5) is 5.69 Å². The van der Waals surface area contributed by atoms with E-state index >= 15 is 0 Å². The molecule has 0 atom stereocenters. The van der Waals surface area contributed by atoms with Crippen LogP contribution < -0.4 is 5.32 Å². The monoisotopic (exact) mass is 344 g/mol. The Hall–Kier alpha value is -2.94. The molecular formula is C15H12N4O4S. The number of aromatic nitrogens is 2. The summed E-state index contributed by atoms with van der Waals surface area (Å²) >= 11 is 1.41. The number of hydrogen-bond donors (Lipinski definition) is 1. The fourth-order valence-electron chi connectivity index (χ4n) is 2.11. The highest BCUT2D eigenvalue weighted by atomic mass is 32.2. The number of nitrogens with one attached hydrogen (secondary N) is 1. The van der Waals surface area contributed by atoms with E-state index in [2.05, 4.69) is 20.3 Å². The van der Waals surface area contributed by atoms with E-state index in [1.54, 1.807) is 30.3 Å². The topological polar surface area (TPSA) is 111 Å². The van der Waals surface area contributed by atoms with Crippen LogP contribution in [0.15, 0.2) is 52.0 Å². The Morgan fingerprint density at radius 3 is 2.67 bits per heavy atom. The molecule has 2 aromatic carbocycles. The number of thioether (sulfide) groups is 1. The molecule has 0 saturated heterocycles. The molecule has 1 heterocycles. The van der Waals surface area contributed by atoms with Gasteiger partial charge in [-0.1, -0.05) is 18.2 Å². The lowest BCUT2D eigenvalue weighted by atomic mass is 10.2. The van der Waals surface area contributed by atoms with Crippen molar-refractivity contribution >= 4 is 34.4 Å². The number of fused-ring (bicyclic) bond motifs is 1. The molecule has 0 unspecified atom stereocenters. The molecule has 0 radical (unpaired) electrons. The van der Waals surface area contributed by atoms with E-state index in [1.807, 2.05) is 6.07 Å². The van der Waals surface area contributed by atoms with Gasteiger partial charge < -0.3 is 5.32 Å². The van der Waals surface area contributed by atoms with Crippen LogP contribution in [0.2, 0.25) is 0 Å². The summed E-state index contributed by atoms with van der Waals surface area (Å²) < 4.78 is 4.61. The van der Waals surface area contributed by atoms with Crippen LogP contribution >= 0.6 is 11.8 Å². The third kappa shape index (κ3) is 3.35. The van der Waals surface area contributed by atoms with E-state index < -0.39 is 4.92 Å². The number of nitro benzene ring substituents is 1. The van der Waals surface area contributed by atoms with Gasteiger partial charge in [-0.05, 0) is 28.5 Å². The van der Waals surface area contributed by atoms with Gasteiger partial charge in [0, 0.05) is 28.8 Å². The lowest BCUT2D eigenvalue weighted by Crippen LogP contribution is -2.25. The fourth-order valence-corrected chi connectivity index (χ4v) is 2.97. The van der Waals surface area contributed by atoms with Gasteiger partial charge >= 0.3 is 5.69 Å². The van der Waals surface area contributed by atoms with E-state index in [0.29, 0.717) is 28.3 Å². The molecular weight excluding hydrogens is 332 g/mol. The third-order valence-electron chi connectivity index (χ3n) is 3.23. The van der Waals surface area contributed by atoms with Gasteiger partial charge in [0.05, 0.1) is 4.92 Å². The normalized spacial score (nSPS) is 10.7. The SMILES string of the molecule is O=C(NCCSc1ccc([N+](=O)[O-])c2nonc12)c1ccccc1. The predicted molar refractivity (Wildman–Crippen MR) is 88.0 cm³/mol. The second kappa shape index (κ2) is 7.09. The van der Waals surface area contributed by atoms with Crippen molar-refractivity contribution in [2.75, 3.05) is 12.3 Å². The van der Waals surface area contributed by atoms with Crippen LogP contribution in [0.25, 0.3) is 11.0 Å². The van der Waals surface area contributed by atoms with Gasteiger partial charge in [-0.2, -0.15) is 0 Å². The molecule has 122 valence electrons. The number of hydrogen-bond acceptors (Lipinski definition) is 7. The summed E-state index contributed by atoms with van der Waals surface area (Å²) in [6.45, 7) is 0.447. The first-order valence-corrected chi connectivity index (χ1v) is 8.01. The van der Waals surface area contributed by atoms with E-state index in [9.17, 15) is 14.9 Å². The smallest absolute Gasteiger partial charge is 0.300 e. The van der Waals surface area contributed by atoms with Crippen LogP contribution in [0, 0.1) is 10.1 Å². The van der Waals surface area contributed by atoms with Gasteiger partial charge in [-0.15, -0.1) is 11.8 Å². The average molecular weight is 344 g/mol. The minimum absolute atomic E-state index is 0.123. The molecule has 0 aliphatic rings. The summed E-state index contributed by atoms with van der Waals surface area (Å²) in [5.41, 5.74) is 0.927. The van der Waals surface area contributed by atoms with Crippen LogP contribution in [0.1, 0.15) is 10.4 Å². The summed E-state index contributed by atoms with van der Waals surface area (Å²) in [6, 6.07) is 11.9. The molecule has 0 bridgehead atoms. The van der Waals surface area contributed by atoms with E-state index in [-0.39, 0.29) is 17.1 Å². The summed E-state index contributed by atoms with van der Waals surface area (Å²) in [7, 11) is 0. The van der Waals surface area contributed by atoms with Crippen molar-refractivity contribution in [2.45, 2.75) is 4.90 Å². The Morgan fingerprint density at radius 2 is 1.92 bits per heavy atom. The lowest BCUT2D eigenvalue weighted by Gasteiger charge is -2.05. The number of carbonyl (C=O) groups is 1. The molecule has 0 spiro atoms. The highest BCUT2D eigenvalue weighted by Crippen LogP contribution is 2.31. The molecule has 0 aliphatic heterocycles. The maximum atomic E-state index is 11.9. The van der Waals surface area contributed by atoms with E-state index in [1.165, 1.54) is 17.8 Å². The molecule has 1 amide bonds. The Balaban J connectivity index is 1.61. The zero-order chi connectivity index (χ0) is 16.9. The molecule has 0 saturated carbocycles. The van der Waals surface area contributed by atoms with Crippen molar-refractivity contribution in [1.82, 2.24) is 15.6 Å². The zero-order valence-electron chi connectivity index (χ0n) is 12.3. The van der Waals surface area contributed by atoms with Crippen LogP contribution in [-0.4, -0.2) is 33.4 Å². The Bertz CT molecular complexity index is 882. The van der Waals surface area contributed by atoms with Gasteiger partial charge in [-0.25, -0.2) is 4.63 Å². The maximum Gasteiger partial charge on any atom is 0.300 e. The summed E-state index contributed by atoms with van der Waals surface area (Å²) in [5, 5.41) is 21.1. The summed E-state index contributed by atoms with van der Waals surface area (Å²) in [6.07, 6.45) is 0. The van der Waals surface area contributed by atoms with Crippen molar-refractivity contribution in [2.24, 2.45) is 0 Å². The number of amides is 1. The second-order valence-corrected chi connectivity index (χ2v) is 5.91. The Morgan fingerprint density at radius 1 is 1.17 bits per heavy atom. The molecule has 1 aromatic heterocycles. The summed E-state index contributed by atoms with van der Waals surface area (Å²) in [5.74, 6) is 0.436. The van der Waals surface area contributed by atoms with Crippen molar-refractivity contribution in [3.05, 3.63) is 58.1 Å². The average Bonchev–Trinajstić information content (AvgIpc) is 3.08. The quantitative estimate of drug-likeness (QED) is 0.317. The number of nitro groups is 1. The van der Waals surface area contributed by atoms with Crippen molar-refractivity contribution < 1.29 is 14.3 Å². The second-order valence-electron chi connectivity index (χ2n) is 4.77. The maximum absolute atomic E-state index is 11.9. The lowest BCUT2D eigenvalue weighted by molar-refractivity contribution is -0.383. The molecule has 8 nitrogen and oxygen atoms in total. The highest BCUT2D eigenvalue weighted by Gasteiger charge is 2.19. The van der Waals surface area contributed by atoms with Crippen LogP contribution in [0.5, 0.6) is 0 Å². The Kier molecular flexibility index (Phi) is 4.71. The predicted octanol–water partition coefficient (Wildman–Crippen LogP) is 2.65. The van der Waals surface area contributed by atoms with Crippen molar-refractivity contribution in [3.8, 4) is 0 Å². The number of non-ortho nitro benzene ring substituents is 1. The third-order valence-corrected chi connectivity index (χ3v) is 4.28. The van der Waals surface area contributed by atoms with Crippen LogP contribution in [-0.2, 0) is 0 Å². The number of benzene rings is 2. The largest absolute Gasteiger partial charge is 0.351 e. The molecule has 24 heavy (non-hydrogen) atoms. The zero-order valence-corrected chi connectivity index (χ0v) is 13.2. The molecule has 3 aromatic rings. The van der Waals surface area contributed by atoms with E-state index in [4.69, 9.17) is 0 Å². The van der Waals surface area contributed by atoms with Gasteiger partial charge in [0.1, 0.15) is 0 Å². The van der Waals surface area contributed by atoms with Gasteiger partial charge in [-0.3, -0.25) is 14.9 Å². The first-order chi connectivity index (χ1) is 11.7. The van der Waals surface area contributed by atoms with E-state index in [0.717, 1.165) is 0 Å². The van der Waals surface area contributed by atoms with Crippen molar-refractivity contribution in [3.63, 3.8) is 0 Å². The molecule has 0 aliphatic carbocycles. The molecule has 9 heteroatoms. The fraction of sp³-hybridized carbons (Fsp3) is 0.133. The van der Waals surface area contributed by atoms with Crippen LogP contribution in [0.3, 0.4) is 0 Å². The number of nitrogens with zero attached hydrogens (tertiary/aromatic N) is 3. The minimum Gasteiger partial charge on any atom is -0.351 e. The first kappa shape index (κ1) is 15.9. The van der Waals surface area contributed by atoms with Gasteiger partial charge in [0.25, 0.3) is 5.91 Å².